The highest BCUT2D eigenvalue weighted by Gasteiger charge is 2.18. The van der Waals surface area contributed by atoms with Gasteiger partial charge in [0.05, 0.1) is 11.4 Å². The molecule has 0 aliphatic carbocycles. The van der Waals surface area contributed by atoms with Crippen molar-refractivity contribution in [1.82, 2.24) is 9.78 Å². The third-order valence-electron chi connectivity index (χ3n) is 4.37. The smallest absolute Gasteiger partial charge is 0.127 e. The fraction of sp³-hybridized carbons (Fsp3) is 0.250. The van der Waals surface area contributed by atoms with Crippen LogP contribution in [0.1, 0.15) is 28.1 Å². The van der Waals surface area contributed by atoms with Gasteiger partial charge in [-0.15, -0.1) is 0 Å². The van der Waals surface area contributed by atoms with Crippen molar-refractivity contribution in [2.75, 3.05) is 0 Å². The Morgan fingerprint density at radius 2 is 1.75 bits per heavy atom. The van der Waals surface area contributed by atoms with E-state index in [1.165, 1.54) is 12.1 Å². The largest absolute Gasteiger partial charge is 0.271 e. The molecule has 0 N–H and O–H groups in total. The minimum atomic E-state index is -0.260. The summed E-state index contributed by atoms with van der Waals surface area (Å²) in [6.07, 6.45) is 0.440. The molecule has 0 aliphatic heterocycles. The van der Waals surface area contributed by atoms with Gasteiger partial charge in [-0.1, -0.05) is 18.2 Å². The quantitative estimate of drug-likeness (QED) is 0.670. The Morgan fingerprint density at radius 1 is 1.00 bits per heavy atom. The van der Waals surface area contributed by atoms with E-state index < -0.39 is 0 Å². The van der Waals surface area contributed by atoms with E-state index in [0.29, 0.717) is 12.0 Å². The Bertz CT molecular complexity index is 910. The molecule has 124 valence electrons. The Hall–Kier alpha value is -2.49. The standard InChI is InChI=1S/C20H20F2N2/c1-12-5-6-15(18(22)9-12)11-19-20(14(3)23-24(19)4)17-8-7-16(21)10-13(17)2/h5-10H,11H2,1-4H3. The molecule has 0 radical (unpaired) electrons. The minimum Gasteiger partial charge on any atom is -0.271 e. The van der Waals surface area contributed by atoms with E-state index in [4.69, 9.17) is 0 Å². The van der Waals surface area contributed by atoms with Gasteiger partial charge in [-0.3, -0.25) is 4.68 Å². The molecule has 3 aromatic rings. The molecule has 0 bridgehead atoms. The second-order valence-corrected chi connectivity index (χ2v) is 6.26. The highest BCUT2D eigenvalue weighted by Crippen LogP contribution is 2.32. The van der Waals surface area contributed by atoms with Crippen molar-refractivity contribution in [3.63, 3.8) is 0 Å². The van der Waals surface area contributed by atoms with Gasteiger partial charge in [0, 0.05) is 19.0 Å². The van der Waals surface area contributed by atoms with Crippen LogP contribution < -0.4 is 0 Å². The van der Waals surface area contributed by atoms with Gasteiger partial charge in [-0.05, 0) is 61.2 Å². The SMILES string of the molecule is Cc1ccc(Cc2c(-c3ccc(F)cc3C)c(C)nn2C)c(F)c1. The Kier molecular flexibility index (Phi) is 4.22. The first-order valence-corrected chi connectivity index (χ1v) is 7.91. The molecule has 0 fully saturated rings. The van der Waals surface area contributed by atoms with E-state index in [9.17, 15) is 8.78 Å². The van der Waals surface area contributed by atoms with E-state index in [2.05, 4.69) is 5.10 Å². The van der Waals surface area contributed by atoms with Crippen LogP contribution in [0.2, 0.25) is 0 Å². The van der Waals surface area contributed by atoms with E-state index >= 15 is 0 Å². The van der Waals surface area contributed by atoms with E-state index in [-0.39, 0.29) is 11.6 Å². The summed E-state index contributed by atoms with van der Waals surface area (Å²) in [5.41, 5.74) is 6.03. The molecular formula is C20H20F2N2. The molecule has 1 aromatic heterocycles. The third-order valence-corrected chi connectivity index (χ3v) is 4.37. The molecule has 4 heteroatoms. The number of benzene rings is 2. The van der Waals surface area contributed by atoms with Crippen LogP contribution in [0, 0.1) is 32.4 Å². The van der Waals surface area contributed by atoms with Gasteiger partial charge in [0.2, 0.25) is 0 Å². The minimum absolute atomic E-state index is 0.212. The van der Waals surface area contributed by atoms with Gasteiger partial charge in [-0.25, -0.2) is 8.78 Å². The highest BCUT2D eigenvalue weighted by atomic mass is 19.1. The Balaban J connectivity index is 2.12. The van der Waals surface area contributed by atoms with Crippen LogP contribution in [0.4, 0.5) is 8.78 Å². The third kappa shape index (κ3) is 2.96. The first-order valence-electron chi connectivity index (χ1n) is 7.91. The molecule has 0 aliphatic rings. The number of rotatable bonds is 3. The summed E-state index contributed by atoms with van der Waals surface area (Å²) in [4.78, 5) is 0. The summed E-state index contributed by atoms with van der Waals surface area (Å²) >= 11 is 0. The van der Waals surface area contributed by atoms with Crippen LogP contribution in [0.3, 0.4) is 0 Å². The van der Waals surface area contributed by atoms with Crippen molar-refractivity contribution in [1.29, 1.82) is 0 Å². The average Bonchev–Trinajstić information content (AvgIpc) is 2.76. The van der Waals surface area contributed by atoms with Crippen LogP contribution in [-0.2, 0) is 13.5 Å². The second kappa shape index (κ2) is 6.19. The lowest BCUT2D eigenvalue weighted by Gasteiger charge is -2.11. The normalized spacial score (nSPS) is 11.1. The first-order chi connectivity index (χ1) is 11.4. The van der Waals surface area contributed by atoms with Gasteiger partial charge in [0.15, 0.2) is 0 Å². The van der Waals surface area contributed by atoms with Gasteiger partial charge < -0.3 is 0 Å². The summed E-state index contributed by atoms with van der Waals surface area (Å²) in [5, 5.41) is 4.49. The van der Waals surface area contributed by atoms with E-state index in [1.807, 2.05) is 40.0 Å². The molecule has 0 amide bonds. The number of aromatic nitrogens is 2. The molecule has 0 saturated carbocycles. The van der Waals surface area contributed by atoms with Gasteiger partial charge in [0.25, 0.3) is 0 Å². The molecule has 0 saturated heterocycles. The fourth-order valence-corrected chi connectivity index (χ4v) is 3.14. The lowest BCUT2D eigenvalue weighted by atomic mass is 9.95. The number of aryl methyl sites for hydroxylation is 4. The molecule has 2 aromatic carbocycles. The van der Waals surface area contributed by atoms with E-state index in [0.717, 1.165) is 33.6 Å². The van der Waals surface area contributed by atoms with Crippen LogP contribution in [0.5, 0.6) is 0 Å². The monoisotopic (exact) mass is 326 g/mol. The summed E-state index contributed by atoms with van der Waals surface area (Å²) in [6, 6.07) is 9.99. The molecule has 0 unspecified atom stereocenters. The van der Waals surface area contributed by atoms with E-state index in [1.54, 1.807) is 16.8 Å². The lowest BCUT2D eigenvalue weighted by Crippen LogP contribution is -2.03. The highest BCUT2D eigenvalue weighted by molar-refractivity contribution is 5.72. The van der Waals surface area contributed by atoms with Crippen molar-refractivity contribution in [3.8, 4) is 11.1 Å². The predicted molar refractivity (Wildman–Crippen MR) is 92.0 cm³/mol. The average molecular weight is 326 g/mol. The molecule has 3 rings (SSSR count). The van der Waals surface area contributed by atoms with Gasteiger partial charge in [0.1, 0.15) is 11.6 Å². The molecule has 0 spiro atoms. The van der Waals surface area contributed by atoms with Crippen molar-refractivity contribution in [3.05, 3.63) is 76.1 Å². The van der Waals surface area contributed by atoms with Crippen molar-refractivity contribution < 1.29 is 8.78 Å². The molecule has 2 nitrogen and oxygen atoms in total. The maximum atomic E-state index is 14.3. The summed E-state index contributed by atoms with van der Waals surface area (Å²) < 4.78 is 29.5. The summed E-state index contributed by atoms with van der Waals surface area (Å²) in [6.45, 7) is 5.67. The molecule has 24 heavy (non-hydrogen) atoms. The summed E-state index contributed by atoms with van der Waals surface area (Å²) in [5.74, 6) is -0.473. The second-order valence-electron chi connectivity index (χ2n) is 6.26. The maximum Gasteiger partial charge on any atom is 0.127 e. The number of nitrogens with zero attached hydrogens (tertiary/aromatic N) is 2. The number of halogens is 2. The lowest BCUT2D eigenvalue weighted by molar-refractivity contribution is 0.608. The molecule has 1 heterocycles. The van der Waals surface area contributed by atoms with Crippen molar-refractivity contribution in [2.45, 2.75) is 27.2 Å². The van der Waals surface area contributed by atoms with Crippen molar-refractivity contribution >= 4 is 0 Å². The maximum absolute atomic E-state index is 14.3. The Labute approximate surface area is 140 Å². The zero-order valence-corrected chi connectivity index (χ0v) is 14.3. The fourth-order valence-electron chi connectivity index (χ4n) is 3.14. The zero-order chi connectivity index (χ0) is 17.4. The topological polar surface area (TPSA) is 17.8 Å². The molecular weight excluding hydrogens is 306 g/mol. The molecule has 0 atom stereocenters. The zero-order valence-electron chi connectivity index (χ0n) is 14.3. The number of hydrogen-bond acceptors (Lipinski definition) is 1. The first kappa shape index (κ1) is 16.4. The number of hydrogen-bond donors (Lipinski definition) is 0. The predicted octanol–water partition coefficient (Wildman–Crippen LogP) is 4.88. The van der Waals surface area contributed by atoms with Crippen LogP contribution in [0.25, 0.3) is 11.1 Å². The van der Waals surface area contributed by atoms with Crippen LogP contribution in [0.15, 0.2) is 36.4 Å². The van der Waals surface area contributed by atoms with Crippen LogP contribution >= 0.6 is 0 Å². The Morgan fingerprint density at radius 3 is 2.42 bits per heavy atom. The van der Waals surface area contributed by atoms with Crippen LogP contribution in [-0.4, -0.2) is 9.78 Å². The van der Waals surface area contributed by atoms with Crippen molar-refractivity contribution in [2.24, 2.45) is 7.05 Å². The van der Waals surface area contributed by atoms with Gasteiger partial charge >= 0.3 is 0 Å². The summed E-state index contributed by atoms with van der Waals surface area (Å²) in [7, 11) is 1.86. The van der Waals surface area contributed by atoms with Gasteiger partial charge in [-0.2, -0.15) is 5.10 Å².